The Morgan fingerprint density at radius 1 is 1.09 bits per heavy atom. The number of nitrogens with one attached hydrogen (secondary N) is 1. The van der Waals surface area contributed by atoms with Crippen molar-refractivity contribution in [2.24, 2.45) is 5.41 Å². The topological polar surface area (TPSA) is 101 Å². The lowest BCUT2D eigenvalue weighted by molar-refractivity contribution is -0.142. The summed E-state index contributed by atoms with van der Waals surface area (Å²) in [6.07, 6.45) is 7.38. The second-order valence-electron chi connectivity index (χ2n) is 14.2. The summed E-state index contributed by atoms with van der Waals surface area (Å²) in [5.74, 6) is 0.709. The van der Waals surface area contributed by atoms with Gasteiger partial charge in [0.1, 0.15) is 5.75 Å². The van der Waals surface area contributed by atoms with E-state index < -0.39 is 21.3 Å². The molecule has 47 heavy (non-hydrogen) atoms. The summed E-state index contributed by atoms with van der Waals surface area (Å²) >= 11 is 0. The van der Waals surface area contributed by atoms with Gasteiger partial charge in [-0.1, -0.05) is 38.8 Å². The largest absolute Gasteiger partial charge is 0.497 e. The number of likely N-dealkylation sites (N-methyl/N-ethyl adjacent to an activating group) is 1. The van der Waals surface area contributed by atoms with E-state index in [4.69, 9.17) is 4.74 Å². The van der Waals surface area contributed by atoms with E-state index in [-0.39, 0.29) is 28.3 Å². The van der Waals surface area contributed by atoms with E-state index in [1.165, 1.54) is 31.7 Å². The third-order valence-electron chi connectivity index (χ3n) is 11.3. The van der Waals surface area contributed by atoms with E-state index in [1.54, 1.807) is 13.2 Å². The highest BCUT2D eigenvalue weighted by Gasteiger charge is 2.64. The van der Waals surface area contributed by atoms with Gasteiger partial charge in [0, 0.05) is 60.2 Å². The maximum atomic E-state index is 14.9. The number of benzene rings is 2. The van der Waals surface area contributed by atoms with Crippen molar-refractivity contribution in [3.63, 3.8) is 0 Å². The zero-order chi connectivity index (χ0) is 33.2. The minimum absolute atomic E-state index is 0.0543. The Balaban J connectivity index is 1.43. The van der Waals surface area contributed by atoms with Gasteiger partial charge in [-0.2, -0.15) is 0 Å². The molecule has 2 saturated carbocycles. The number of methoxy groups -OCH3 is 1. The van der Waals surface area contributed by atoms with Crippen molar-refractivity contribution >= 4 is 32.7 Å². The maximum absolute atomic E-state index is 14.9. The van der Waals surface area contributed by atoms with Gasteiger partial charge in [-0.25, -0.2) is 13.1 Å². The van der Waals surface area contributed by atoms with Crippen LogP contribution in [0.3, 0.4) is 0 Å². The van der Waals surface area contributed by atoms with Crippen LogP contribution in [-0.4, -0.2) is 74.4 Å². The molecule has 1 aromatic heterocycles. The molecule has 2 aliphatic heterocycles. The zero-order valence-corrected chi connectivity index (χ0v) is 28.8. The van der Waals surface area contributed by atoms with Crippen LogP contribution in [0.1, 0.15) is 92.1 Å². The fourth-order valence-electron chi connectivity index (χ4n) is 8.60. The molecule has 3 atom stereocenters. The van der Waals surface area contributed by atoms with Gasteiger partial charge in [0.15, 0.2) is 0 Å². The predicted octanol–water partition coefficient (Wildman–Crippen LogP) is 6.00. The molecule has 10 heteroatoms. The molecule has 3 fully saturated rings. The molecule has 2 aliphatic carbocycles. The van der Waals surface area contributed by atoms with E-state index in [1.807, 2.05) is 18.2 Å². The lowest BCUT2D eigenvalue weighted by Gasteiger charge is -2.41. The van der Waals surface area contributed by atoms with E-state index in [0.717, 1.165) is 72.2 Å². The molecule has 3 aromatic rings. The highest BCUT2D eigenvalue weighted by atomic mass is 32.2. The van der Waals surface area contributed by atoms with Crippen LogP contribution in [0.5, 0.6) is 5.75 Å². The van der Waals surface area contributed by atoms with Crippen molar-refractivity contribution in [3.8, 4) is 17.0 Å². The number of hydrogen-bond donors (Lipinski definition) is 1. The van der Waals surface area contributed by atoms with Crippen LogP contribution >= 0.6 is 0 Å². The molecular weight excluding hydrogens is 612 g/mol. The first kappa shape index (κ1) is 31.9. The number of carbonyl (C=O) groups excluding carboxylic acids is 2. The first-order valence-electron chi connectivity index (χ1n) is 17.1. The van der Waals surface area contributed by atoms with Gasteiger partial charge < -0.3 is 19.1 Å². The normalized spacial score (nSPS) is 24.6. The van der Waals surface area contributed by atoms with Crippen molar-refractivity contribution in [2.75, 3.05) is 33.8 Å². The lowest BCUT2D eigenvalue weighted by Crippen LogP contribution is -2.56. The third kappa shape index (κ3) is 5.28. The highest BCUT2D eigenvalue weighted by molar-refractivity contribution is 7.93. The number of allylic oxidation sites excluding steroid dienone is 1. The van der Waals surface area contributed by atoms with Crippen LogP contribution in [0.15, 0.2) is 47.9 Å². The third-order valence-corrected chi connectivity index (χ3v) is 12.7. The van der Waals surface area contributed by atoms with E-state index >= 15 is 0 Å². The number of piperazine rings is 1. The van der Waals surface area contributed by atoms with E-state index in [2.05, 4.69) is 51.8 Å². The van der Waals surface area contributed by atoms with Crippen LogP contribution in [-0.2, 0) is 21.4 Å². The summed E-state index contributed by atoms with van der Waals surface area (Å²) in [6.45, 7) is 9.97. The molecule has 3 heterocycles. The Kier molecular flexibility index (Phi) is 8.02. The molecule has 2 aromatic carbocycles. The van der Waals surface area contributed by atoms with Crippen LogP contribution < -0.4 is 9.46 Å². The van der Waals surface area contributed by atoms with Crippen molar-refractivity contribution in [3.05, 3.63) is 64.6 Å². The first-order chi connectivity index (χ1) is 22.5. The summed E-state index contributed by atoms with van der Waals surface area (Å²) in [7, 11) is -0.187. The van der Waals surface area contributed by atoms with Crippen LogP contribution in [0, 0.1) is 5.41 Å². The molecule has 0 radical (unpaired) electrons. The number of sulfonamides is 1. The smallest absolute Gasteiger partial charge is 0.265 e. The molecule has 250 valence electrons. The summed E-state index contributed by atoms with van der Waals surface area (Å²) in [4.78, 5) is 32.6. The fourth-order valence-corrected chi connectivity index (χ4v) is 9.14. The number of fused-ring (bicyclic) bond motifs is 7. The molecule has 4 aliphatic rings. The Bertz CT molecular complexity index is 1890. The first-order valence-corrected chi connectivity index (χ1v) is 18.5. The second kappa shape index (κ2) is 11.8. The second-order valence-corrected chi connectivity index (χ2v) is 16.1. The molecule has 3 unspecified atom stereocenters. The van der Waals surface area contributed by atoms with Crippen molar-refractivity contribution < 1.29 is 22.7 Å². The lowest BCUT2D eigenvalue weighted by atomic mass is 9.81. The SMILES string of the molecule is C=C(C)S(=O)(=O)NC(=O)c1ccc2c(C3CCCCC3)c3n(c2c1)CC1(C(=O)N2CCN(C)CC2CC)CC1c1cc(OC)ccc1-3. The van der Waals surface area contributed by atoms with E-state index in [0.29, 0.717) is 19.0 Å². The predicted molar refractivity (Wildman–Crippen MR) is 184 cm³/mol. The van der Waals surface area contributed by atoms with Crippen molar-refractivity contribution in [1.82, 2.24) is 19.1 Å². The number of rotatable bonds is 7. The van der Waals surface area contributed by atoms with Gasteiger partial charge in [0.25, 0.3) is 15.9 Å². The number of aromatic nitrogens is 1. The maximum Gasteiger partial charge on any atom is 0.265 e. The van der Waals surface area contributed by atoms with Crippen LogP contribution in [0.2, 0.25) is 0 Å². The van der Waals surface area contributed by atoms with Gasteiger partial charge in [-0.05, 0) is 87.0 Å². The molecule has 0 bridgehead atoms. The van der Waals surface area contributed by atoms with E-state index in [9.17, 15) is 18.0 Å². The number of ether oxygens (including phenoxy) is 1. The standard InChI is InChI=1S/C37H46N4O5S/c1-6-26-21-39(4)16-17-40(26)36(43)37-20-31(37)30-19-27(46-5)13-15-28(30)34-33(24-10-8-7-9-11-24)29-14-12-25(18-32(29)41(34)22-37)35(42)38-47(44,45)23(2)3/h12-15,18-19,24,26,31H,2,6-11,16-17,20-22H2,1,3-5H3,(H,38,42). The quantitative estimate of drug-likeness (QED) is 0.335. The average molecular weight is 659 g/mol. The molecule has 2 amide bonds. The Labute approximate surface area is 278 Å². The summed E-state index contributed by atoms with van der Waals surface area (Å²) in [5.41, 5.74) is 5.20. The van der Waals surface area contributed by atoms with Gasteiger partial charge >= 0.3 is 0 Å². The number of amides is 2. The molecule has 1 N–H and O–H groups in total. The van der Waals surface area contributed by atoms with Crippen LogP contribution in [0.4, 0.5) is 0 Å². The van der Waals surface area contributed by atoms with Crippen LogP contribution in [0.25, 0.3) is 22.2 Å². The Hall–Kier alpha value is -3.63. The molecular formula is C37H46N4O5S. The number of hydrogen-bond acceptors (Lipinski definition) is 6. The molecule has 9 nitrogen and oxygen atoms in total. The van der Waals surface area contributed by atoms with Gasteiger partial charge in [-0.3, -0.25) is 9.59 Å². The molecule has 1 saturated heterocycles. The Morgan fingerprint density at radius 3 is 2.55 bits per heavy atom. The minimum Gasteiger partial charge on any atom is -0.497 e. The van der Waals surface area contributed by atoms with Gasteiger partial charge in [0.05, 0.1) is 23.1 Å². The molecule has 0 spiro atoms. The van der Waals surface area contributed by atoms with Crippen molar-refractivity contribution in [1.29, 1.82) is 0 Å². The highest BCUT2D eigenvalue weighted by Crippen LogP contribution is 2.66. The Morgan fingerprint density at radius 2 is 1.85 bits per heavy atom. The summed E-state index contributed by atoms with van der Waals surface area (Å²) < 4.78 is 35.3. The minimum atomic E-state index is -3.99. The molecule has 7 rings (SSSR count). The monoisotopic (exact) mass is 658 g/mol. The average Bonchev–Trinajstić information content (AvgIpc) is 3.74. The number of carbonyl (C=O) groups is 2. The summed E-state index contributed by atoms with van der Waals surface area (Å²) in [5, 5.41) is 1.07. The van der Waals surface area contributed by atoms with Gasteiger partial charge in [0.2, 0.25) is 5.91 Å². The zero-order valence-electron chi connectivity index (χ0n) is 28.0. The number of nitrogens with zero attached hydrogens (tertiary/aromatic N) is 3. The fraction of sp³-hybridized carbons (Fsp3) is 0.514. The summed E-state index contributed by atoms with van der Waals surface area (Å²) in [6, 6.07) is 12.0. The van der Waals surface area contributed by atoms with Crippen molar-refractivity contribution in [2.45, 2.75) is 83.2 Å². The van der Waals surface area contributed by atoms with Gasteiger partial charge in [-0.15, -0.1) is 0 Å².